The van der Waals surface area contributed by atoms with E-state index < -0.39 is 0 Å². The van der Waals surface area contributed by atoms with Gasteiger partial charge in [-0.25, -0.2) is 4.68 Å². The molecule has 1 aliphatic carbocycles. The monoisotopic (exact) mass is 209 g/mol. The maximum atomic E-state index is 5.50. The van der Waals surface area contributed by atoms with E-state index in [0.717, 1.165) is 25.3 Å². The van der Waals surface area contributed by atoms with Crippen LogP contribution in [0.25, 0.3) is 0 Å². The quantitative estimate of drug-likeness (QED) is 0.799. The highest BCUT2D eigenvalue weighted by molar-refractivity contribution is 5.25. The maximum absolute atomic E-state index is 5.50. The minimum Gasteiger partial charge on any atom is -0.481 e. The lowest BCUT2D eigenvalue weighted by Crippen LogP contribution is -2.19. The van der Waals surface area contributed by atoms with Crippen LogP contribution in [-0.2, 0) is 6.42 Å². The summed E-state index contributed by atoms with van der Waals surface area (Å²) in [6.07, 6.45) is 7.65. The molecule has 0 spiro atoms. The SMILES string of the molecule is COc1c(CCCN)cnn1C1CCC1. The van der Waals surface area contributed by atoms with Crippen molar-refractivity contribution < 1.29 is 4.74 Å². The first-order valence-electron chi connectivity index (χ1n) is 5.67. The summed E-state index contributed by atoms with van der Waals surface area (Å²) in [5, 5.41) is 4.41. The van der Waals surface area contributed by atoms with Gasteiger partial charge in [0.05, 0.1) is 19.3 Å². The largest absolute Gasteiger partial charge is 0.481 e. The maximum Gasteiger partial charge on any atom is 0.214 e. The molecule has 84 valence electrons. The number of ether oxygens (including phenoxy) is 1. The Kier molecular flexibility index (Phi) is 3.26. The first kappa shape index (κ1) is 10.5. The summed E-state index contributed by atoms with van der Waals surface area (Å²) in [5.41, 5.74) is 6.69. The van der Waals surface area contributed by atoms with Crippen LogP contribution in [0.4, 0.5) is 0 Å². The van der Waals surface area contributed by atoms with Crippen molar-refractivity contribution >= 4 is 0 Å². The molecule has 0 radical (unpaired) electrons. The molecule has 0 aromatic carbocycles. The van der Waals surface area contributed by atoms with Gasteiger partial charge in [0.2, 0.25) is 5.88 Å². The lowest BCUT2D eigenvalue weighted by molar-refractivity contribution is 0.249. The Hall–Kier alpha value is -1.03. The van der Waals surface area contributed by atoms with E-state index in [1.54, 1.807) is 7.11 Å². The number of rotatable bonds is 5. The van der Waals surface area contributed by atoms with Gasteiger partial charge in [-0.15, -0.1) is 0 Å². The molecular formula is C11H19N3O. The number of hydrogen-bond acceptors (Lipinski definition) is 3. The molecule has 0 unspecified atom stereocenters. The molecule has 2 N–H and O–H groups in total. The first-order chi connectivity index (χ1) is 7.36. The van der Waals surface area contributed by atoms with Gasteiger partial charge in [0.25, 0.3) is 0 Å². The summed E-state index contributed by atoms with van der Waals surface area (Å²) in [4.78, 5) is 0. The molecule has 1 aliphatic rings. The molecule has 1 fully saturated rings. The molecule has 4 heteroatoms. The Labute approximate surface area is 90.4 Å². The molecule has 4 nitrogen and oxygen atoms in total. The molecule has 1 heterocycles. The first-order valence-corrected chi connectivity index (χ1v) is 5.67. The van der Waals surface area contributed by atoms with Crippen molar-refractivity contribution in [3.05, 3.63) is 11.8 Å². The van der Waals surface area contributed by atoms with E-state index in [-0.39, 0.29) is 0 Å². The lowest BCUT2D eigenvalue weighted by atomic mass is 9.93. The van der Waals surface area contributed by atoms with Gasteiger partial charge < -0.3 is 10.5 Å². The van der Waals surface area contributed by atoms with Gasteiger partial charge in [0.15, 0.2) is 0 Å². The third-order valence-electron chi connectivity index (χ3n) is 3.08. The Morgan fingerprint density at radius 2 is 2.40 bits per heavy atom. The molecule has 0 bridgehead atoms. The van der Waals surface area contributed by atoms with Crippen LogP contribution >= 0.6 is 0 Å². The van der Waals surface area contributed by atoms with Crippen LogP contribution in [0.2, 0.25) is 0 Å². The van der Waals surface area contributed by atoms with E-state index in [4.69, 9.17) is 10.5 Å². The predicted octanol–water partition coefficient (Wildman–Crippen LogP) is 1.51. The third-order valence-corrected chi connectivity index (χ3v) is 3.08. The van der Waals surface area contributed by atoms with Gasteiger partial charge in [0.1, 0.15) is 0 Å². The topological polar surface area (TPSA) is 53.1 Å². The Morgan fingerprint density at radius 1 is 1.60 bits per heavy atom. The summed E-state index contributed by atoms with van der Waals surface area (Å²) >= 11 is 0. The Bertz CT molecular complexity index is 318. The third kappa shape index (κ3) is 2.00. The molecule has 0 atom stereocenters. The van der Waals surface area contributed by atoms with Crippen LogP contribution in [0.1, 0.15) is 37.3 Å². The van der Waals surface area contributed by atoms with Crippen molar-refractivity contribution in [2.45, 2.75) is 38.1 Å². The van der Waals surface area contributed by atoms with Gasteiger partial charge in [-0.2, -0.15) is 5.10 Å². The van der Waals surface area contributed by atoms with Crippen molar-refractivity contribution in [3.63, 3.8) is 0 Å². The highest BCUT2D eigenvalue weighted by atomic mass is 16.5. The van der Waals surface area contributed by atoms with E-state index in [0.29, 0.717) is 6.04 Å². The number of nitrogens with two attached hydrogens (primary N) is 1. The van der Waals surface area contributed by atoms with Crippen molar-refractivity contribution in [3.8, 4) is 5.88 Å². The average molecular weight is 209 g/mol. The van der Waals surface area contributed by atoms with Crippen molar-refractivity contribution in [2.24, 2.45) is 5.73 Å². The lowest BCUT2D eigenvalue weighted by Gasteiger charge is -2.26. The van der Waals surface area contributed by atoms with E-state index in [1.807, 2.05) is 10.9 Å². The Morgan fingerprint density at radius 3 is 2.93 bits per heavy atom. The highest BCUT2D eigenvalue weighted by Crippen LogP contribution is 2.35. The van der Waals surface area contributed by atoms with E-state index in [9.17, 15) is 0 Å². The van der Waals surface area contributed by atoms with Gasteiger partial charge in [-0.1, -0.05) is 0 Å². The summed E-state index contributed by atoms with van der Waals surface area (Å²) in [6, 6.07) is 0.562. The normalized spacial score (nSPS) is 16.4. The highest BCUT2D eigenvalue weighted by Gasteiger charge is 2.24. The number of hydrogen-bond donors (Lipinski definition) is 1. The van der Waals surface area contributed by atoms with Crippen LogP contribution in [0.15, 0.2) is 6.20 Å². The standard InChI is InChI=1S/C11H19N3O/c1-15-11-9(4-3-7-12)8-13-14(11)10-5-2-6-10/h8,10H,2-7,12H2,1H3. The van der Waals surface area contributed by atoms with Crippen molar-refractivity contribution in [1.82, 2.24) is 9.78 Å². The van der Waals surface area contributed by atoms with Crippen LogP contribution in [-0.4, -0.2) is 23.4 Å². The summed E-state index contributed by atoms with van der Waals surface area (Å²) in [5.74, 6) is 0.938. The molecule has 1 aromatic rings. The van der Waals surface area contributed by atoms with Crippen molar-refractivity contribution in [1.29, 1.82) is 0 Å². The second kappa shape index (κ2) is 4.66. The Balaban J connectivity index is 2.12. The molecule has 1 saturated carbocycles. The van der Waals surface area contributed by atoms with Gasteiger partial charge in [0, 0.05) is 5.56 Å². The fourth-order valence-corrected chi connectivity index (χ4v) is 1.97. The summed E-state index contributed by atoms with van der Waals surface area (Å²) < 4.78 is 7.47. The zero-order valence-electron chi connectivity index (χ0n) is 9.28. The van der Waals surface area contributed by atoms with E-state index >= 15 is 0 Å². The molecule has 15 heavy (non-hydrogen) atoms. The number of aryl methyl sites for hydroxylation is 1. The van der Waals surface area contributed by atoms with Crippen LogP contribution in [0.5, 0.6) is 5.88 Å². The second-order valence-corrected chi connectivity index (χ2v) is 4.10. The zero-order chi connectivity index (χ0) is 10.7. The average Bonchev–Trinajstić information content (AvgIpc) is 2.55. The predicted molar refractivity (Wildman–Crippen MR) is 59.0 cm³/mol. The number of aromatic nitrogens is 2. The number of methoxy groups -OCH3 is 1. The van der Waals surface area contributed by atoms with E-state index in [1.165, 1.54) is 24.8 Å². The van der Waals surface area contributed by atoms with Crippen molar-refractivity contribution in [2.75, 3.05) is 13.7 Å². The smallest absolute Gasteiger partial charge is 0.214 e. The van der Waals surface area contributed by atoms with E-state index in [2.05, 4.69) is 5.10 Å². The summed E-state index contributed by atoms with van der Waals surface area (Å²) in [7, 11) is 1.72. The fraction of sp³-hybridized carbons (Fsp3) is 0.727. The molecule has 0 amide bonds. The summed E-state index contributed by atoms with van der Waals surface area (Å²) in [6.45, 7) is 0.720. The van der Waals surface area contributed by atoms with Crippen LogP contribution in [0, 0.1) is 0 Å². The molecule has 0 saturated heterocycles. The van der Waals surface area contributed by atoms with Crippen LogP contribution < -0.4 is 10.5 Å². The minimum absolute atomic E-state index is 0.562. The van der Waals surface area contributed by atoms with Gasteiger partial charge in [-0.3, -0.25) is 0 Å². The molecule has 1 aromatic heterocycles. The zero-order valence-corrected chi connectivity index (χ0v) is 9.28. The number of nitrogens with zero attached hydrogens (tertiary/aromatic N) is 2. The van der Waals surface area contributed by atoms with Gasteiger partial charge in [-0.05, 0) is 38.6 Å². The molecular weight excluding hydrogens is 190 g/mol. The fourth-order valence-electron chi connectivity index (χ4n) is 1.97. The molecule has 2 rings (SSSR count). The van der Waals surface area contributed by atoms with Crippen LogP contribution in [0.3, 0.4) is 0 Å². The van der Waals surface area contributed by atoms with Gasteiger partial charge >= 0.3 is 0 Å². The second-order valence-electron chi connectivity index (χ2n) is 4.10. The minimum atomic E-state index is 0.562. The molecule has 0 aliphatic heterocycles.